The lowest BCUT2D eigenvalue weighted by molar-refractivity contribution is -0.144. The van der Waals surface area contributed by atoms with Crippen LogP contribution in [0.3, 0.4) is 0 Å². The lowest BCUT2D eigenvalue weighted by atomic mass is 9.79. The van der Waals surface area contributed by atoms with E-state index in [0.717, 1.165) is 19.3 Å². The first-order valence-corrected chi connectivity index (χ1v) is 9.37. The summed E-state index contributed by atoms with van der Waals surface area (Å²) in [5.74, 6) is -0.842. The van der Waals surface area contributed by atoms with Gasteiger partial charge in [-0.2, -0.15) is 0 Å². The summed E-state index contributed by atoms with van der Waals surface area (Å²) in [5.41, 5.74) is 0. The van der Waals surface area contributed by atoms with E-state index in [1.54, 1.807) is 12.1 Å². The maximum atomic E-state index is 12.3. The zero-order chi connectivity index (χ0) is 16.9. The minimum atomic E-state index is -3.64. The molecule has 0 bridgehead atoms. The molecule has 0 radical (unpaired) electrons. The number of rotatable bonds is 7. The molecule has 0 unspecified atom stereocenters. The van der Waals surface area contributed by atoms with E-state index in [1.807, 2.05) is 6.92 Å². The lowest BCUT2D eigenvalue weighted by Crippen LogP contribution is -2.37. The summed E-state index contributed by atoms with van der Waals surface area (Å²) in [6.45, 7) is 2.53. The summed E-state index contributed by atoms with van der Waals surface area (Å²) < 4.78 is 32.5. The molecule has 1 fully saturated rings. The van der Waals surface area contributed by atoms with Crippen molar-refractivity contribution in [1.29, 1.82) is 0 Å². The van der Waals surface area contributed by atoms with Crippen molar-refractivity contribution in [2.24, 2.45) is 11.8 Å². The summed E-state index contributed by atoms with van der Waals surface area (Å²) >= 11 is 0. The molecule has 1 aromatic carbocycles. The van der Waals surface area contributed by atoms with Crippen molar-refractivity contribution < 1.29 is 23.1 Å². The van der Waals surface area contributed by atoms with Crippen LogP contribution < -0.4 is 9.46 Å². The molecule has 2 N–H and O–H groups in total. The Morgan fingerprint density at radius 1 is 1.26 bits per heavy atom. The highest BCUT2D eigenvalue weighted by Crippen LogP contribution is 2.30. The van der Waals surface area contributed by atoms with Crippen LogP contribution in [-0.2, 0) is 14.8 Å². The molecule has 0 aliphatic heterocycles. The number of carboxylic acids is 1. The maximum absolute atomic E-state index is 12.3. The van der Waals surface area contributed by atoms with Crippen LogP contribution in [0.15, 0.2) is 29.2 Å². The monoisotopic (exact) mass is 341 g/mol. The summed E-state index contributed by atoms with van der Waals surface area (Å²) in [4.78, 5) is 11.4. The highest BCUT2D eigenvalue weighted by atomic mass is 32.2. The highest BCUT2D eigenvalue weighted by molar-refractivity contribution is 7.89. The zero-order valence-electron chi connectivity index (χ0n) is 13.2. The van der Waals surface area contributed by atoms with Crippen molar-refractivity contribution in [1.82, 2.24) is 4.72 Å². The minimum Gasteiger partial charge on any atom is -0.494 e. The Labute approximate surface area is 136 Å². The van der Waals surface area contributed by atoms with Crippen molar-refractivity contribution in [3.8, 4) is 5.75 Å². The van der Waals surface area contributed by atoms with Crippen molar-refractivity contribution in [3.63, 3.8) is 0 Å². The van der Waals surface area contributed by atoms with E-state index in [4.69, 9.17) is 4.74 Å². The van der Waals surface area contributed by atoms with Gasteiger partial charge in [0.1, 0.15) is 5.75 Å². The second-order valence-electron chi connectivity index (χ2n) is 5.75. The molecule has 0 aromatic heterocycles. The first kappa shape index (κ1) is 17.7. The SMILES string of the molecule is CCOc1ccc(S(=O)(=O)NC[C@@H]2CCCC[C@@H]2C(=O)O)cc1. The van der Waals surface area contributed by atoms with Crippen LogP contribution in [0.1, 0.15) is 32.6 Å². The molecular formula is C16H23NO5S. The summed E-state index contributed by atoms with van der Waals surface area (Å²) in [5, 5.41) is 9.25. The smallest absolute Gasteiger partial charge is 0.306 e. The van der Waals surface area contributed by atoms with Crippen molar-refractivity contribution in [3.05, 3.63) is 24.3 Å². The van der Waals surface area contributed by atoms with E-state index in [9.17, 15) is 18.3 Å². The zero-order valence-corrected chi connectivity index (χ0v) is 14.0. The predicted octanol–water partition coefficient (Wildman–Crippen LogP) is 2.25. The first-order valence-electron chi connectivity index (χ1n) is 7.89. The molecule has 128 valence electrons. The number of hydrogen-bond acceptors (Lipinski definition) is 4. The number of benzene rings is 1. The van der Waals surface area contributed by atoms with E-state index in [0.29, 0.717) is 18.8 Å². The fourth-order valence-electron chi connectivity index (χ4n) is 2.96. The molecular weight excluding hydrogens is 318 g/mol. The Balaban J connectivity index is 2.01. The van der Waals surface area contributed by atoms with Crippen LogP contribution in [0.25, 0.3) is 0 Å². The topological polar surface area (TPSA) is 92.7 Å². The Bertz CT molecular complexity index is 626. The van der Waals surface area contributed by atoms with Gasteiger partial charge in [0.15, 0.2) is 0 Å². The second kappa shape index (κ2) is 7.79. The molecule has 1 aliphatic carbocycles. The van der Waals surface area contributed by atoms with Gasteiger partial charge in [-0.25, -0.2) is 13.1 Å². The molecule has 7 heteroatoms. The van der Waals surface area contributed by atoms with Gasteiger partial charge in [-0.15, -0.1) is 0 Å². The number of hydrogen-bond donors (Lipinski definition) is 2. The van der Waals surface area contributed by atoms with Crippen molar-refractivity contribution in [2.45, 2.75) is 37.5 Å². The fourth-order valence-corrected chi connectivity index (χ4v) is 4.05. The third-order valence-electron chi connectivity index (χ3n) is 4.21. The van der Waals surface area contributed by atoms with Crippen molar-refractivity contribution >= 4 is 16.0 Å². The maximum Gasteiger partial charge on any atom is 0.306 e. The van der Waals surface area contributed by atoms with Gasteiger partial charge in [0.05, 0.1) is 17.4 Å². The van der Waals surface area contributed by atoms with Crippen LogP contribution in [0, 0.1) is 11.8 Å². The average molecular weight is 341 g/mol. The Morgan fingerprint density at radius 3 is 2.52 bits per heavy atom. The molecule has 1 aliphatic rings. The van der Waals surface area contributed by atoms with Crippen LogP contribution in [0.4, 0.5) is 0 Å². The van der Waals surface area contributed by atoms with E-state index < -0.39 is 21.9 Å². The number of sulfonamides is 1. The summed E-state index contributed by atoms with van der Waals surface area (Å²) in [7, 11) is -3.64. The van der Waals surface area contributed by atoms with E-state index in [2.05, 4.69) is 4.72 Å². The number of ether oxygens (including phenoxy) is 1. The van der Waals surface area contributed by atoms with Crippen LogP contribution in [0.2, 0.25) is 0 Å². The molecule has 1 saturated carbocycles. The molecule has 2 atom stereocenters. The molecule has 0 saturated heterocycles. The van der Waals surface area contributed by atoms with Gasteiger partial charge in [-0.05, 0) is 49.9 Å². The Hall–Kier alpha value is -1.60. The third-order valence-corrected chi connectivity index (χ3v) is 5.65. The number of carbonyl (C=O) groups is 1. The largest absolute Gasteiger partial charge is 0.494 e. The Morgan fingerprint density at radius 2 is 1.91 bits per heavy atom. The predicted molar refractivity (Wildman–Crippen MR) is 85.9 cm³/mol. The fraction of sp³-hybridized carbons (Fsp3) is 0.562. The number of nitrogens with one attached hydrogen (secondary N) is 1. The van der Waals surface area contributed by atoms with Gasteiger partial charge in [0, 0.05) is 6.54 Å². The van der Waals surface area contributed by atoms with Crippen LogP contribution >= 0.6 is 0 Å². The molecule has 0 spiro atoms. The Kier molecular flexibility index (Phi) is 6.01. The molecule has 23 heavy (non-hydrogen) atoms. The number of carboxylic acid groups (broad SMARTS) is 1. The highest BCUT2D eigenvalue weighted by Gasteiger charge is 2.31. The van der Waals surface area contributed by atoms with Gasteiger partial charge in [-0.1, -0.05) is 12.8 Å². The quantitative estimate of drug-likeness (QED) is 0.793. The van der Waals surface area contributed by atoms with Gasteiger partial charge >= 0.3 is 5.97 Å². The standard InChI is InChI=1S/C16H23NO5S/c1-2-22-13-7-9-14(10-8-13)23(20,21)17-11-12-5-3-4-6-15(12)16(18)19/h7-10,12,15,17H,2-6,11H2,1H3,(H,18,19)/t12-,15-/m0/s1. The van der Waals surface area contributed by atoms with Gasteiger partial charge in [0.2, 0.25) is 10.0 Å². The average Bonchev–Trinajstić information content (AvgIpc) is 2.54. The second-order valence-corrected chi connectivity index (χ2v) is 7.51. The van der Waals surface area contributed by atoms with E-state index in [-0.39, 0.29) is 17.4 Å². The van der Waals surface area contributed by atoms with Gasteiger partial charge in [0.25, 0.3) is 0 Å². The lowest BCUT2D eigenvalue weighted by Gasteiger charge is -2.28. The summed E-state index contributed by atoms with van der Waals surface area (Å²) in [6, 6.07) is 6.20. The summed E-state index contributed by atoms with van der Waals surface area (Å²) in [6.07, 6.45) is 3.19. The normalized spacial score (nSPS) is 21.8. The van der Waals surface area contributed by atoms with E-state index >= 15 is 0 Å². The molecule has 1 aromatic rings. The van der Waals surface area contributed by atoms with E-state index in [1.165, 1.54) is 12.1 Å². The third kappa shape index (κ3) is 4.68. The minimum absolute atomic E-state index is 0.154. The molecule has 2 rings (SSSR count). The molecule has 0 heterocycles. The van der Waals surface area contributed by atoms with Gasteiger partial charge in [-0.3, -0.25) is 4.79 Å². The first-order chi connectivity index (χ1) is 10.9. The van der Waals surface area contributed by atoms with Gasteiger partial charge < -0.3 is 9.84 Å². The van der Waals surface area contributed by atoms with Crippen molar-refractivity contribution in [2.75, 3.05) is 13.2 Å². The molecule has 6 nitrogen and oxygen atoms in total. The van der Waals surface area contributed by atoms with Crippen LogP contribution in [0.5, 0.6) is 5.75 Å². The number of aliphatic carboxylic acids is 1. The van der Waals surface area contributed by atoms with Crippen LogP contribution in [-0.4, -0.2) is 32.6 Å². The molecule has 0 amide bonds.